The highest BCUT2D eigenvalue weighted by Crippen LogP contribution is 2.40. The van der Waals surface area contributed by atoms with E-state index < -0.39 is 30.2 Å². The first-order chi connectivity index (χ1) is 7.29. The summed E-state index contributed by atoms with van der Waals surface area (Å²) in [4.78, 5) is 10.7. The van der Waals surface area contributed by atoms with Crippen molar-refractivity contribution in [1.82, 2.24) is 0 Å². The van der Waals surface area contributed by atoms with Crippen LogP contribution in [0, 0.1) is 0 Å². The molecule has 0 aliphatic rings. The van der Waals surface area contributed by atoms with Gasteiger partial charge >= 0.3 is 24.6 Å². The third kappa shape index (κ3) is 4.31. The van der Waals surface area contributed by atoms with E-state index >= 15 is 0 Å². The van der Waals surface area contributed by atoms with E-state index in [0.717, 1.165) is 0 Å². The van der Waals surface area contributed by atoms with Crippen LogP contribution in [0.25, 0.3) is 0 Å². The van der Waals surface area contributed by atoms with Gasteiger partial charge in [0.1, 0.15) is 5.60 Å². The van der Waals surface area contributed by atoms with E-state index in [1.54, 1.807) is 0 Å². The van der Waals surface area contributed by atoms with Gasteiger partial charge in [-0.05, 0) is 20.8 Å². The van der Waals surface area contributed by atoms with Crippen molar-refractivity contribution in [2.45, 2.75) is 44.8 Å². The first-order valence-electron chi connectivity index (χ1n) is 4.25. The van der Waals surface area contributed by atoms with Gasteiger partial charge in [0.15, 0.2) is 0 Å². The standard InChI is InChI=1S/C8H10F6O3/c1-6(2,3)16-5(15)17-7(11,4(9)10)8(12,13)14/h4H,1-3H3. The highest BCUT2D eigenvalue weighted by molar-refractivity contribution is 5.61. The summed E-state index contributed by atoms with van der Waals surface area (Å²) in [5.41, 5.74) is -1.30. The molecule has 102 valence electrons. The highest BCUT2D eigenvalue weighted by atomic mass is 19.4. The van der Waals surface area contributed by atoms with Gasteiger partial charge in [-0.25, -0.2) is 13.6 Å². The van der Waals surface area contributed by atoms with E-state index in [1.807, 2.05) is 0 Å². The lowest BCUT2D eigenvalue weighted by Gasteiger charge is -2.27. The largest absolute Gasteiger partial charge is 0.512 e. The number of carbonyl (C=O) groups excluding carboxylic acids is 1. The lowest BCUT2D eigenvalue weighted by molar-refractivity contribution is -0.354. The molecule has 0 aliphatic heterocycles. The van der Waals surface area contributed by atoms with E-state index in [-0.39, 0.29) is 0 Å². The Morgan fingerprint density at radius 3 is 1.65 bits per heavy atom. The van der Waals surface area contributed by atoms with Crippen LogP contribution >= 0.6 is 0 Å². The monoisotopic (exact) mass is 268 g/mol. The van der Waals surface area contributed by atoms with Crippen molar-refractivity contribution in [2.24, 2.45) is 0 Å². The van der Waals surface area contributed by atoms with Crippen molar-refractivity contribution in [3.63, 3.8) is 0 Å². The summed E-state index contributed by atoms with van der Waals surface area (Å²) in [5, 5.41) is 0. The Labute approximate surface area is 92.7 Å². The van der Waals surface area contributed by atoms with Crippen LogP contribution in [-0.4, -0.2) is 30.2 Å². The molecule has 0 fully saturated rings. The third-order valence-corrected chi connectivity index (χ3v) is 1.29. The first kappa shape index (κ1) is 15.9. The lowest BCUT2D eigenvalue weighted by Crippen LogP contribution is -2.51. The molecule has 0 saturated carbocycles. The van der Waals surface area contributed by atoms with Crippen LogP contribution in [-0.2, 0) is 9.47 Å². The Morgan fingerprint density at radius 2 is 1.41 bits per heavy atom. The number of ether oxygens (including phenoxy) is 2. The van der Waals surface area contributed by atoms with Crippen molar-refractivity contribution < 1.29 is 40.6 Å². The van der Waals surface area contributed by atoms with Crippen molar-refractivity contribution in [3.05, 3.63) is 0 Å². The fraction of sp³-hybridized carbons (Fsp3) is 0.875. The Bertz CT molecular complexity index is 282. The summed E-state index contributed by atoms with van der Waals surface area (Å²) < 4.78 is 79.8. The maximum atomic E-state index is 12.8. The molecule has 0 bridgehead atoms. The Kier molecular flexibility index (Phi) is 4.30. The zero-order chi connectivity index (χ0) is 14.1. The van der Waals surface area contributed by atoms with Crippen LogP contribution in [0.2, 0.25) is 0 Å². The molecule has 9 heteroatoms. The normalized spacial score (nSPS) is 16.6. The first-order valence-corrected chi connectivity index (χ1v) is 4.25. The molecule has 0 saturated heterocycles. The van der Waals surface area contributed by atoms with Gasteiger partial charge in [0.25, 0.3) is 0 Å². The molecule has 0 heterocycles. The minimum Gasteiger partial charge on any atom is -0.428 e. The summed E-state index contributed by atoms with van der Waals surface area (Å²) in [6.07, 6.45) is -12.8. The quantitative estimate of drug-likeness (QED) is 0.568. The number of hydrogen-bond donors (Lipinski definition) is 0. The van der Waals surface area contributed by atoms with E-state index in [9.17, 15) is 31.1 Å². The average molecular weight is 268 g/mol. The van der Waals surface area contributed by atoms with Crippen molar-refractivity contribution >= 4 is 6.16 Å². The summed E-state index contributed by atoms with van der Waals surface area (Å²) in [5.74, 6) is -5.38. The van der Waals surface area contributed by atoms with Gasteiger partial charge < -0.3 is 9.47 Å². The summed E-state index contributed by atoms with van der Waals surface area (Å²) in [6, 6.07) is 0. The minimum absolute atomic E-state index is 1.24. The maximum Gasteiger partial charge on any atom is 0.512 e. The van der Waals surface area contributed by atoms with E-state index in [2.05, 4.69) is 9.47 Å². The number of rotatable bonds is 2. The van der Waals surface area contributed by atoms with E-state index in [1.165, 1.54) is 20.8 Å². The summed E-state index contributed by atoms with van der Waals surface area (Å²) in [6.45, 7) is 3.72. The van der Waals surface area contributed by atoms with Gasteiger partial charge in [-0.3, -0.25) is 0 Å². The molecule has 17 heavy (non-hydrogen) atoms. The van der Waals surface area contributed by atoms with Gasteiger partial charge in [-0.15, -0.1) is 0 Å². The smallest absolute Gasteiger partial charge is 0.428 e. The van der Waals surface area contributed by atoms with Crippen LogP contribution in [0.4, 0.5) is 31.1 Å². The maximum absolute atomic E-state index is 12.8. The van der Waals surface area contributed by atoms with Crippen molar-refractivity contribution in [1.29, 1.82) is 0 Å². The number of alkyl halides is 6. The number of halogens is 6. The van der Waals surface area contributed by atoms with Gasteiger partial charge in [-0.1, -0.05) is 0 Å². The van der Waals surface area contributed by atoms with Crippen LogP contribution in [0.1, 0.15) is 20.8 Å². The molecule has 0 amide bonds. The zero-order valence-electron chi connectivity index (χ0n) is 9.07. The van der Waals surface area contributed by atoms with Crippen molar-refractivity contribution in [3.8, 4) is 0 Å². The Morgan fingerprint density at radius 1 is 1.00 bits per heavy atom. The molecule has 0 aromatic heterocycles. The van der Waals surface area contributed by atoms with Gasteiger partial charge in [-0.2, -0.15) is 17.6 Å². The predicted molar refractivity (Wildman–Crippen MR) is 43.2 cm³/mol. The van der Waals surface area contributed by atoms with Gasteiger partial charge in [0.2, 0.25) is 0 Å². The average Bonchev–Trinajstić information content (AvgIpc) is 1.96. The third-order valence-electron chi connectivity index (χ3n) is 1.29. The molecule has 0 spiro atoms. The van der Waals surface area contributed by atoms with E-state index in [0.29, 0.717) is 0 Å². The SMILES string of the molecule is CC(C)(C)OC(=O)OC(F)(C(F)F)C(F)(F)F. The topological polar surface area (TPSA) is 35.5 Å². The van der Waals surface area contributed by atoms with Crippen LogP contribution in [0.3, 0.4) is 0 Å². The summed E-state index contributed by atoms with van der Waals surface area (Å²) in [7, 11) is 0. The Hall–Kier alpha value is -1.15. The highest BCUT2D eigenvalue weighted by Gasteiger charge is 2.67. The van der Waals surface area contributed by atoms with Crippen molar-refractivity contribution in [2.75, 3.05) is 0 Å². The van der Waals surface area contributed by atoms with Crippen LogP contribution in [0.15, 0.2) is 0 Å². The molecule has 0 N–H and O–H groups in total. The minimum atomic E-state index is -6.06. The predicted octanol–water partition coefficient (Wildman–Crippen LogP) is 3.43. The molecule has 0 aliphatic carbocycles. The second kappa shape index (κ2) is 4.61. The summed E-state index contributed by atoms with van der Waals surface area (Å²) >= 11 is 0. The molecule has 1 atom stereocenters. The molecule has 0 radical (unpaired) electrons. The molecule has 0 rings (SSSR count). The number of carbonyl (C=O) groups is 1. The molecular weight excluding hydrogens is 258 g/mol. The van der Waals surface area contributed by atoms with E-state index in [4.69, 9.17) is 0 Å². The fourth-order valence-corrected chi connectivity index (χ4v) is 0.618. The second-order valence-corrected chi connectivity index (χ2v) is 4.01. The molecule has 3 nitrogen and oxygen atoms in total. The lowest BCUT2D eigenvalue weighted by atomic mass is 10.2. The molecule has 1 unspecified atom stereocenters. The van der Waals surface area contributed by atoms with Crippen LogP contribution < -0.4 is 0 Å². The second-order valence-electron chi connectivity index (χ2n) is 4.01. The number of hydrogen-bond acceptors (Lipinski definition) is 3. The molecule has 0 aromatic carbocycles. The zero-order valence-corrected chi connectivity index (χ0v) is 9.07. The molecular formula is C8H10F6O3. The van der Waals surface area contributed by atoms with Crippen LogP contribution in [0.5, 0.6) is 0 Å². The van der Waals surface area contributed by atoms with Gasteiger partial charge in [0.05, 0.1) is 0 Å². The molecule has 0 aromatic rings. The van der Waals surface area contributed by atoms with Gasteiger partial charge in [0, 0.05) is 0 Å². The fourth-order valence-electron chi connectivity index (χ4n) is 0.618. The Balaban J connectivity index is 4.87.